The zero-order valence-electron chi connectivity index (χ0n) is 8.56. The molecule has 0 aliphatic carbocycles. The van der Waals surface area contributed by atoms with E-state index in [1.54, 1.807) is 0 Å². The summed E-state index contributed by atoms with van der Waals surface area (Å²) in [6.07, 6.45) is -8.28. The molecular weight excluding hydrogens is 283 g/mol. The fourth-order valence-corrected chi connectivity index (χ4v) is 1.53. The lowest BCUT2D eigenvalue weighted by Gasteiger charge is -2.13. The van der Waals surface area contributed by atoms with E-state index in [-0.39, 0.29) is 0 Å². The van der Waals surface area contributed by atoms with Crippen molar-refractivity contribution in [2.75, 3.05) is 0 Å². The van der Waals surface area contributed by atoms with Crippen molar-refractivity contribution in [1.82, 2.24) is 4.98 Å². The molecule has 1 aromatic rings. The van der Waals surface area contributed by atoms with Gasteiger partial charge in [0.2, 0.25) is 0 Å². The topological polar surface area (TPSA) is 56.0 Å². The van der Waals surface area contributed by atoms with Gasteiger partial charge in [0.15, 0.2) is 0 Å². The molecule has 0 radical (unpaired) electrons. The number of halogens is 6. The average molecular weight is 289 g/mol. The third kappa shape index (κ3) is 2.94. The number of rotatable bonds is 3. The van der Waals surface area contributed by atoms with E-state index in [9.17, 15) is 26.7 Å². The number of pyridine rings is 1. The van der Waals surface area contributed by atoms with E-state index < -0.39 is 46.9 Å². The summed E-state index contributed by atoms with van der Waals surface area (Å²) in [6, 6.07) is 0.432. The maximum atomic E-state index is 12.6. The number of nitrogens with two attached hydrogens (primary N) is 1. The summed E-state index contributed by atoms with van der Waals surface area (Å²) >= 11 is 5.05. The highest BCUT2D eigenvalue weighted by atomic mass is 35.5. The molecular formula is C9H6ClF5N2O. The lowest BCUT2D eigenvalue weighted by Crippen LogP contribution is -2.16. The van der Waals surface area contributed by atoms with Gasteiger partial charge in [0.1, 0.15) is 11.4 Å². The van der Waals surface area contributed by atoms with Gasteiger partial charge in [0.05, 0.1) is 5.56 Å². The average Bonchev–Trinajstić information content (AvgIpc) is 2.25. The van der Waals surface area contributed by atoms with Crippen LogP contribution >= 0.6 is 11.6 Å². The van der Waals surface area contributed by atoms with Gasteiger partial charge >= 0.3 is 6.18 Å². The Labute approximate surface area is 103 Å². The maximum Gasteiger partial charge on any atom is 0.433 e. The Bertz CT molecular complexity index is 475. The molecule has 1 rings (SSSR count). The van der Waals surface area contributed by atoms with Gasteiger partial charge in [-0.2, -0.15) is 13.2 Å². The van der Waals surface area contributed by atoms with Crippen molar-refractivity contribution in [1.29, 1.82) is 0 Å². The highest BCUT2D eigenvalue weighted by molar-refractivity contribution is 6.68. The first-order valence-electron chi connectivity index (χ1n) is 4.47. The zero-order chi connectivity index (χ0) is 14.1. The molecule has 0 unspecified atom stereocenters. The first-order chi connectivity index (χ1) is 8.18. The third-order valence-corrected chi connectivity index (χ3v) is 2.23. The Balaban J connectivity index is 3.59. The number of hydrogen-bond acceptors (Lipinski definition) is 3. The van der Waals surface area contributed by atoms with Crippen molar-refractivity contribution in [3.8, 4) is 0 Å². The molecule has 18 heavy (non-hydrogen) atoms. The van der Waals surface area contributed by atoms with Crippen LogP contribution in [0, 0.1) is 0 Å². The van der Waals surface area contributed by atoms with Gasteiger partial charge in [0, 0.05) is 6.54 Å². The Hall–Kier alpha value is -1.28. The summed E-state index contributed by atoms with van der Waals surface area (Å²) in [4.78, 5) is 13.7. The van der Waals surface area contributed by atoms with Crippen LogP contribution in [0.1, 0.15) is 33.7 Å². The van der Waals surface area contributed by atoms with E-state index in [0.29, 0.717) is 6.07 Å². The highest BCUT2D eigenvalue weighted by Crippen LogP contribution is 2.33. The molecule has 0 saturated heterocycles. The van der Waals surface area contributed by atoms with Crippen LogP contribution in [0.4, 0.5) is 22.0 Å². The summed E-state index contributed by atoms with van der Waals surface area (Å²) < 4.78 is 62.4. The molecule has 3 nitrogen and oxygen atoms in total. The maximum absolute atomic E-state index is 12.6. The van der Waals surface area contributed by atoms with E-state index >= 15 is 0 Å². The SMILES string of the molecule is NCc1cc(C(F)(F)F)nc(C(F)F)c1C(=O)Cl. The Morgan fingerprint density at radius 1 is 1.44 bits per heavy atom. The summed E-state index contributed by atoms with van der Waals surface area (Å²) in [5.41, 5.74) is 1.06. The van der Waals surface area contributed by atoms with Gasteiger partial charge < -0.3 is 5.73 Å². The largest absolute Gasteiger partial charge is 0.433 e. The van der Waals surface area contributed by atoms with Crippen LogP contribution in [0.25, 0.3) is 0 Å². The van der Waals surface area contributed by atoms with Crippen LogP contribution in [-0.4, -0.2) is 10.2 Å². The van der Waals surface area contributed by atoms with Gasteiger partial charge in [-0.05, 0) is 23.2 Å². The molecule has 0 amide bonds. The van der Waals surface area contributed by atoms with Gasteiger partial charge in [-0.1, -0.05) is 0 Å². The quantitative estimate of drug-likeness (QED) is 0.687. The van der Waals surface area contributed by atoms with Gasteiger partial charge in [-0.3, -0.25) is 4.79 Å². The van der Waals surface area contributed by atoms with E-state index in [0.717, 1.165) is 0 Å². The number of alkyl halides is 5. The summed E-state index contributed by atoms with van der Waals surface area (Å²) in [7, 11) is 0. The highest BCUT2D eigenvalue weighted by Gasteiger charge is 2.36. The minimum Gasteiger partial charge on any atom is -0.326 e. The van der Waals surface area contributed by atoms with Crippen LogP contribution in [0.2, 0.25) is 0 Å². The second-order valence-electron chi connectivity index (χ2n) is 3.20. The molecule has 0 bridgehead atoms. The third-order valence-electron chi connectivity index (χ3n) is 2.04. The molecule has 0 aliphatic rings. The number of nitrogens with zero attached hydrogens (tertiary/aromatic N) is 1. The predicted molar refractivity (Wildman–Crippen MR) is 52.3 cm³/mol. The number of hydrogen-bond donors (Lipinski definition) is 1. The molecule has 0 spiro atoms. The second-order valence-corrected chi connectivity index (χ2v) is 3.55. The van der Waals surface area contributed by atoms with Crippen LogP contribution in [0.15, 0.2) is 6.07 Å². The van der Waals surface area contributed by atoms with Crippen LogP contribution in [0.5, 0.6) is 0 Å². The van der Waals surface area contributed by atoms with Crippen molar-refractivity contribution in [2.24, 2.45) is 5.73 Å². The fraction of sp³-hybridized carbons (Fsp3) is 0.333. The molecule has 0 atom stereocenters. The first-order valence-corrected chi connectivity index (χ1v) is 4.85. The van der Waals surface area contributed by atoms with Crippen molar-refractivity contribution < 1.29 is 26.7 Å². The number of carbonyl (C=O) groups is 1. The van der Waals surface area contributed by atoms with Crippen LogP contribution in [0.3, 0.4) is 0 Å². The molecule has 1 heterocycles. The molecule has 2 N–H and O–H groups in total. The number of aromatic nitrogens is 1. The first kappa shape index (κ1) is 14.8. The normalized spacial score (nSPS) is 12.0. The van der Waals surface area contributed by atoms with Crippen LogP contribution < -0.4 is 5.73 Å². The monoisotopic (exact) mass is 288 g/mol. The van der Waals surface area contributed by atoms with E-state index in [1.807, 2.05) is 0 Å². The van der Waals surface area contributed by atoms with Crippen LogP contribution in [-0.2, 0) is 12.7 Å². The zero-order valence-corrected chi connectivity index (χ0v) is 9.32. The fourth-order valence-electron chi connectivity index (χ4n) is 1.31. The van der Waals surface area contributed by atoms with E-state index in [1.165, 1.54) is 0 Å². The Kier molecular flexibility index (Phi) is 4.23. The van der Waals surface area contributed by atoms with Gasteiger partial charge in [0.25, 0.3) is 11.7 Å². The van der Waals surface area contributed by atoms with E-state index in [4.69, 9.17) is 17.3 Å². The minimum absolute atomic E-state index is 0.423. The second kappa shape index (κ2) is 5.15. The minimum atomic E-state index is -4.92. The summed E-state index contributed by atoms with van der Waals surface area (Å²) in [5, 5.41) is -1.33. The van der Waals surface area contributed by atoms with Gasteiger partial charge in [-0.15, -0.1) is 0 Å². The summed E-state index contributed by atoms with van der Waals surface area (Å²) in [6.45, 7) is -0.543. The Morgan fingerprint density at radius 2 is 2.00 bits per heavy atom. The van der Waals surface area contributed by atoms with Crippen molar-refractivity contribution in [2.45, 2.75) is 19.1 Å². The Morgan fingerprint density at radius 3 is 2.33 bits per heavy atom. The molecule has 0 saturated carbocycles. The van der Waals surface area contributed by atoms with Gasteiger partial charge in [-0.25, -0.2) is 13.8 Å². The van der Waals surface area contributed by atoms with E-state index in [2.05, 4.69) is 4.98 Å². The number of carbonyl (C=O) groups excluding carboxylic acids is 1. The molecule has 9 heteroatoms. The molecule has 0 fully saturated rings. The lowest BCUT2D eigenvalue weighted by molar-refractivity contribution is -0.141. The molecule has 0 aromatic carbocycles. The summed E-state index contributed by atoms with van der Waals surface area (Å²) in [5.74, 6) is 0. The molecule has 0 aliphatic heterocycles. The lowest BCUT2D eigenvalue weighted by atomic mass is 10.1. The standard InChI is InChI=1S/C9H6ClF5N2O/c10-7(18)5-3(2-16)1-4(9(13,14)15)17-6(5)8(11)12/h1,8H,2,16H2. The predicted octanol–water partition coefficient (Wildman–Crippen LogP) is 2.88. The van der Waals surface area contributed by atoms with Crippen molar-refractivity contribution >= 4 is 16.8 Å². The van der Waals surface area contributed by atoms with Crippen molar-refractivity contribution in [3.63, 3.8) is 0 Å². The molecule has 1 aromatic heterocycles. The van der Waals surface area contributed by atoms with Crippen molar-refractivity contribution in [3.05, 3.63) is 28.6 Å². The molecule has 100 valence electrons. The smallest absolute Gasteiger partial charge is 0.326 e.